The fourth-order valence-electron chi connectivity index (χ4n) is 8.31. The van der Waals surface area contributed by atoms with Crippen molar-refractivity contribution in [3.63, 3.8) is 0 Å². The van der Waals surface area contributed by atoms with Gasteiger partial charge in [0.1, 0.15) is 6.61 Å². The normalized spacial score (nSPS) is 15.8. The monoisotopic (exact) mass is 668 g/mol. The van der Waals surface area contributed by atoms with E-state index in [1.54, 1.807) is 17.7 Å². The number of aromatic carboxylic acids is 1. The van der Waals surface area contributed by atoms with E-state index in [0.29, 0.717) is 11.1 Å². The van der Waals surface area contributed by atoms with Crippen molar-refractivity contribution in [2.75, 3.05) is 0 Å². The van der Waals surface area contributed by atoms with Crippen molar-refractivity contribution >= 4 is 39.1 Å². The van der Waals surface area contributed by atoms with E-state index in [-0.39, 0.29) is 23.0 Å². The van der Waals surface area contributed by atoms with E-state index in [1.807, 2.05) is 54.6 Å². The Kier molecular flexibility index (Phi) is 7.79. The van der Waals surface area contributed by atoms with Gasteiger partial charge in [0.25, 0.3) is 0 Å². The summed E-state index contributed by atoms with van der Waals surface area (Å²) >= 11 is 0. The number of ether oxygens (including phenoxy) is 1. The number of carboxylic acid groups (broad SMARTS) is 1. The zero-order chi connectivity index (χ0) is 35.5. The molecule has 0 aromatic heterocycles. The maximum absolute atomic E-state index is 13.8. The van der Waals surface area contributed by atoms with E-state index in [4.69, 9.17) is 4.74 Å². The van der Waals surface area contributed by atoms with Crippen LogP contribution in [0.25, 0.3) is 49.4 Å². The highest BCUT2D eigenvalue weighted by Gasteiger charge is 2.36. The summed E-state index contributed by atoms with van der Waals surface area (Å²) < 4.78 is 5.82. The highest BCUT2D eigenvalue weighted by Crippen LogP contribution is 2.51. The Morgan fingerprint density at radius 1 is 0.706 bits per heavy atom. The van der Waals surface area contributed by atoms with Gasteiger partial charge in [-0.2, -0.15) is 0 Å². The van der Waals surface area contributed by atoms with Crippen LogP contribution in [0.3, 0.4) is 0 Å². The first kappa shape index (κ1) is 32.5. The molecule has 1 N–H and O–H groups in total. The number of allylic oxidation sites excluding steroid dienone is 4. The molecule has 2 aliphatic rings. The second kappa shape index (κ2) is 12.2. The molecule has 6 aromatic carbocycles. The molecule has 8 rings (SSSR count). The number of hydrogen-bond donors (Lipinski definition) is 1. The van der Waals surface area contributed by atoms with Gasteiger partial charge in [0.15, 0.2) is 0 Å². The van der Waals surface area contributed by atoms with Gasteiger partial charge in [0.05, 0.1) is 11.1 Å². The van der Waals surface area contributed by atoms with E-state index < -0.39 is 11.9 Å². The first-order valence-corrected chi connectivity index (χ1v) is 17.6. The molecule has 0 amide bonds. The molecule has 6 aromatic rings. The first-order valence-electron chi connectivity index (χ1n) is 17.6. The van der Waals surface area contributed by atoms with Crippen LogP contribution in [0.4, 0.5) is 0 Å². The molecule has 0 saturated carbocycles. The van der Waals surface area contributed by atoms with E-state index in [1.165, 1.54) is 28.2 Å². The average Bonchev–Trinajstić information content (AvgIpc) is 3.12. The smallest absolute Gasteiger partial charge is 0.339 e. The zero-order valence-corrected chi connectivity index (χ0v) is 29.4. The Bertz CT molecular complexity index is 2460. The van der Waals surface area contributed by atoms with Gasteiger partial charge in [-0.05, 0) is 114 Å². The van der Waals surface area contributed by atoms with Crippen molar-refractivity contribution in [3.05, 3.63) is 161 Å². The van der Waals surface area contributed by atoms with Gasteiger partial charge in [-0.1, -0.05) is 136 Å². The van der Waals surface area contributed by atoms with Gasteiger partial charge < -0.3 is 9.84 Å². The lowest BCUT2D eigenvalue weighted by atomic mass is 9.64. The number of fused-ring (bicyclic) bond motifs is 5. The summed E-state index contributed by atoms with van der Waals surface area (Å²) in [7, 11) is 0. The molecular weight excluding hydrogens is 629 g/mol. The number of carboxylic acids is 1. The predicted octanol–water partition coefficient (Wildman–Crippen LogP) is 11.8. The Morgan fingerprint density at radius 2 is 1.45 bits per heavy atom. The Morgan fingerprint density at radius 3 is 2.25 bits per heavy atom. The first-order chi connectivity index (χ1) is 24.5. The van der Waals surface area contributed by atoms with Gasteiger partial charge in [0, 0.05) is 0 Å². The van der Waals surface area contributed by atoms with E-state index in [9.17, 15) is 14.7 Å². The molecule has 0 unspecified atom stereocenters. The number of hydrogen-bond acceptors (Lipinski definition) is 3. The highest BCUT2D eigenvalue weighted by atomic mass is 16.5. The summed E-state index contributed by atoms with van der Waals surface area (Å²) in [6.45, 7) is 9.47. The molecule has 51 heavy (non-hydrogen) atoms. The van der Waals surface area contributed by atoms with Crippen LogP contribution in [-0.4, -0.2) is 17.0 Å². The molecule has 0 bridgehead atoms. The summed E-state index contributed by atoms with van der Waals surface area (Å²) in [6, 6.07) is 37.6. The molecule has 4 nitrogen and oxygen atoms in total. The molecule has 0 atom stereocenters. The van der Waals surface area contributed by atoms with Crippen molar-refractivity contribution in [1.29, 1.82) is 0 Å². The second-order valence-corrected chi connectivity index (χ2v) is 15.3. The summed E-state index contributed by atoms with van der Waals surface area (Å²) in [5.41, 5.74) is 10.3. The minimum absolute atomic E-state index is 0.0309. The van der Waals surface area contributed by atoms with Gasteiger partial charge in [-0.25, -0.2) is 9.59 Å². The maximum atomic E-state index is 13.8. The number of carbonyl (C=O) groups is 2. The average molecular weight is 669 g/mol. The van der Waals surface area contributed by atoms with E-state index in [2.05, 4.69) is 82.3 Å². The molecule has 0 fully saturated rings. The third-order valence-corrected chi connectivity index (χ3v) is 10.6. The Hall–Kier alpha value is -5.74. The van der Waals surface area contributed by atoms with Crippen LogP contribution < -0.4 is 0 Å². The topological polar surface area (TPSA) is 63.6 Å². The van der Waals surface area contributed by atoms with Crippen LogP contribution in [0.2, 0.25) is 0 Å². The standard InChI is InChI=1S/C47H40O4/c1-46(2)23-22-35-34(26-46)27-47(3,4)43-38-19-15-31(24-32(38)16-20-39(35)43)37-18-14-30-12-8-9-13-36(30)42(37)41-25-33(44(48)49)17-21-40(41)45(50)51-28-29-10-6-5-7-11-29/h5-25H,26-28H2,1-4H3,(H,48,49). The minimum Gasteiger partial charge on any atom is -0.478 e. The number of rotatable bonds is 6. The molecule has 252 valence electrons. The molecule has 0 heterocycles. The molecular formula is C47H40O4. The van der Waals surface area contributed by atoms with Crippen molar-refractivity contribution in [1.82, 2.24) is 0 Å². The summed E-state index contributed by atoms with van der Waals surface area (Å²) in [6.07, 6.45) is 6.80. The molecule has 0 radical (unpaired) electrons. The van der Waals surface area contributed by atoms with Crippen molar-refractivity contribution < 1.29 is 19.4 Å². The fourth-order valence-corrected chi connectivity index (χ4v) is 8.31. The van der Waals surface area contributed by atoms with E-state index >= 15 is 0 Å². The van der Waals surface area contributed by atoms with Crippen LogP contribution in [0.15, 0.2) is 133 Å². The zero-order valence-electron chi connectivity index (χ0n) is 29.4. The molecule has 0 saturated heterocycles. The van der Waals surface area contributed by atoms with Crippen LogP contribution in [0.1, 0.15) is 77.9 Å². The lowest BCUT2D eigenvalue weighted by Gasteiger charge is -2.40. The predicted molar refractivity (Wildman–Crippen MR) is 207 cm³/mol. The van der Waals surface area contributed by atoms with Crippen LogP contribution in [0, 0.1) is 5.41 Å². The fraction of sp³-hybridized carbons (Fsp3) is 0.191. The summed E-state index contributed by atoms with van der Waals surface area (Å²) in [5.74, 6) is -1.57. The van der Waals surface area contributed by atoms with Crippen LogP contribution in [-0.2, 0) is 16.8 Å². The summed E-state index contributed by atoms with van der Waals surface area (Å²) in [5, 5.41) is 14.4. The van der Waals surface area contributed by atoms with Gasteiger partial charge in [0.2, 0.25) is 0 Å². The van der Waals surface area contributed by atoms with Gasteiger partial charge in [-0.15, -0.1) is 0 Å². The summed E-state index contributed by atoms with van der Waals surface area (Å²) in [4.78, 5) is 26.1. The van der Waals surface area contributed by atoms with Gasteiger partial charge in [-0.3, -0.25) is 0 Å². The largest absolute Gasteiger partial charge is 0.478 e. The van der Waals surface area contributed by atoms with Crippen LogP contribution in [0.5, 0.6) is 0 Å². The van der Waals surface area contributed by atoms with E-state index in [0.717, 1.165) is 51.3 Å². The third-order valence-electron chi connectivity index (χ3n) is 10.6. The lowest BCUT2D eigenvalue weighted by Crippen LogP contribution is -2.27. The van der Waals surface area contributed by atoms with Crippen LogP contribution >= 0.6 is 0 Å². The maximum Gasteiger partial charge on any atom is 0.339 e. The molecule has 0 aliphatic heterocycles. The SMILES string of the molecule is CC1(C)C=CC2=C(C1)CC(C)(C)c1c2ccc2cc(-c3ccc4ccccc4c3-c3cc(C(=O)O)ccc3C(=O)OCc3ccccc3)ccc12. The minimum atomic E-state index is -1.06. The highest BCUT2D eigenvalue weighted by molar-refractivity contribution is 6.11. The lowest BCUT2D eigenvalue weighted by molar-refractivity contribution is 0.0472. The second-order valence-electron chi connectivity index (χ2n) is 15.3. The van der Waals surface area contributed by atoms with Crippen molar-refractivity contribution in [3.8, 4) is 22.3 Å². The third kappa shape index (κ3) is 5.85. The molecule has 4 heteroatoms. The quantitative estimate of drug-likeness (QED) is 0.179. The molecule has 2 aliphatic carbocycles. The number of esters is 1. The van der Waals surface area contributed by atoms with Crippen molar-refractivity contribution in [2.45, 2.75) is 52.6 Å². The number of carbonyl (C=O) groups excluding carboxylic acids is 1. The Balaban J connectivity index is 1.30. The molecule has 0 spiro atoms. The number of benzene rings is 6. The van der Waals surface area contributed by atoms with Gasteiger partial charge >= 0.3 is 11.9 Å². The van der Waals surface area contributed by atoms with Crippen molar-refractivity contribution in [2.24, 2.45) is 5.41 Å². The Labute approximate surface area is 298 Å².